The number of piperazine rings is 1. The van der Waals surface area contributed by atoms with Crippen molar-refractivity contribution in [2.24, 2.45) is 5.41 Å². The van der Waals surface area contributed by atoms with Crippen molar-refractivity contribution in [3.8, 4) is 11.6 Å². The van der Waals surface area contributed by atoms with Crippen molar-refractivity contribution in [1.29, 1.82) is 0 Å². The average molecular weight is 973 g/mol. The van der Waals surface area contributed by atoms with Gasteiger partial charge >= 0.3 is 0 Å². The number of ether oxygens (including phenoxy) is 3. The highest BCUT2D eigenvalue weighted by atomic mass is 32.2. The maximum Gasteiger partial charge on any atom is 0.297 e. The van der Waals surface area contributed by atoms with E-state index in [1.165, 1.54) is 30.0 Å². The number of rotatable bonds is 11. The highest BCUT2D eigenvalue weighted by Gasteiger charge is 2.55. The topological polar surface area (TPSA) is 191 Å². The Bertz CT molecular complexity index is 2980. The first kappa shape index (κ1) is 45.2. The van der Waals surface area contributed by atoms with Crippen molar-refractivity contribution < 1.29 is 32.3 Å². The third-order valence-corrected chi connectivity index (χ3v) is 17.3. The lowest BCUT2D eigenvalue weighted by atomic mass is 9.60. The van der Waals surface area contributed by atoms with Gasteiger partial charge in [-0.25, -0.2) is 13.1 Å². The average Bonchev–Trinajstić information content (AvgIpc) is 4.11. The number of sulfonamides is 1. The molecular formula is C51H60N10O8S. The van der Waals surface area contributed by atoms with Crippen molar-refractivity contribution in [2.45, 2.75) is 80.6 Å². The third-order valence-electron chi connectivity index (χ3n) is 16.0. The van der Waals surface area contributed by atoms with Crippen LogP contribution in [0.1, 0.15) is 73.0 Å². The zero-order valence-electron chi connectivity index (χ0n) is 39.8. The first-order valence-corrected chi connectivity index (χ1v) is 26.2. The summed E-state index contributed by atoms with van der Waals surface area (Å²) >= 11 is 0. The standard InChI is InChI=1S/C51H60N10O8S/c1-31(2)37-7-4-5-8-38(37)40-9-6-14-59(40)35-23-51(24-35)29-58(30-51)34-10-11-39(41(20-34)60-43-19-32-12-13-52-48(32)54-50(43)69-46-28-67-27-44(46)60)49(62)55-70(65,66)36-21-42(61(63)64)47-45(22-36)68-26-33(53-47)25-57-17-15-56(3)16-18-57/h4-5,7-8,10-13,19-22,31,33,35,40,44,46,53H,6,9,14-18,23-30H2,1-3H3,(H,52,54)(H,55,62)/t33-,40+,44+,46+/m1/s1. The largest absolute Gasteiger partial charge is 0.489 e. The lowest BCUT2D eigenvalue weighted by Gasteiger charge is -2.62. The lowest BCUT2D eigenvalue weighted by Crippen LogP contribution is -2.66. The number of H-pyrrole nitrogens is 1. The number of anilines is 4. The number of benzene rings is 3. The van der Waals surface area contributed by atoms with Gasteiger partial charge < -0.3 is 39.2 Å². The van der Waals surface area contributed by atoms with Gasteiger partial charge in [0.25, 0.3) is 21.6 Å². The second kappa shape index (κ2) is 17.4. The van der Waals surface area contributed by atoms with Crippen LogP contribution >= 0.6 is 0 Å². The number of nitrogens with one attached hydrogen (secondary N) is 3. The number of likely N-dealkylation sites (N-methyl/N-ethyl adjacent to an activating group) is 1. The summed E-state index contributed by atoms with van der Waals surface area (Å²) in [7, 11) is -2.61. The maximum absolute atomic E-state index is 14.7. The molecule has 8 heterocycles. The molecule has 12 rings (SSSR count). The summed E-state index contributed by atoms with van der Waals surface area (Å²) in [6.45, 7) is 12.4. The molecule has 6 aliphatic heterocycles. The molecule has 368 valence electrons. The molecule has 1 aliphatic carbocycles. The number of amides is 1. The molecular weight excluding hydrogens is 913 g/mol. The highest BCUT2D eigenvalue weighted by Crippen LogP contribution is 2.55. The Kier molecular flexibility index (Phi) is 11.2. The van der Waals surface area contributed by atoms with Crippen LogP contribution in [0.5, 0.6) is 11.6 Å². The van der Waals surface area contributed by atoms with Crippen molar-refractivity contribution in [3.05, 3.63) is 99.7 Å². The van der Waals surface area contributed by atoms with E-state index in [1.54, 1.807) is 12.3 Å². The smallest absolute Gasteiger partial charge is 0.297 e. The molecule has 3 aromatic carbocycles. The minimum Gasteiger partial charge on any atom is -0.489 e. The maximum atomic E-state index is 14.7. The molecule has 4 saturated heterocycles. The predicted molar refractivity (Wildman–Crippen MR) is 265 cm³/mol. The number of nitro benzene ring substituents is 1. The summed E-state index contributed by atoms with van der Waals surface area (Å²) in [5.74, 6) is -0.0245. The number of carbonyl (C=O) groups is 1. The molecule has 7 aliphatic rings. The van der Waals surface area contributed by atoms with Crippen LogP contribution in [0, 0.1) is 15.5 Å². The van der Waals surface area contributed by atoms with Crippen LogP contribution in [-0.2, 0) is 14.8 Å². The first-order chi connectivity index (χ1) is 33.8. The van der Waals surface area contributed by atoms with E-state index in [0.29, 0.717) is 60.7 Å². The number of carbonyl (C=O) groups excluding carboxylic acids is 1. The molecule has 2 aromatic heterocycles. The molecule has 0 bridgehead atoms. The summed E-state index contributed by atoms with van der Waals surface area (Å²) in [5, 5.41) is 16.6. The number of nitrogens with zero attached hydrogens (tertiary/aromatic N) is 7. The molecule has 1 spiro atoms. The second-order valence-electron chi connectivity index (χ2n) is 20.9. The van der Waals surface area contributed by atoms with E-state index in [4.69, 9.17) is 19.2 Å². The quantitative estimate of drug-likeness (QED) is 0.0996. The number of hydrogen-bond donors (Lipinski definition) is 3. The van der Waals surface area contributed by atoms with Crippen LogP contribution in [0.15, 0.2) is 77.8 Å². The van der Waals surface area contributed by atoms with E-state index in [0.717, 1.165) is 75.8 Å². The van der Waals surface area contributed by atoms with E-state index in [2.05, 4.69) is 79.8 Å². The van der Waals surface area contributed by atoms with Gasteiger partial charge in [0.05, 0.1) is 46.4 Å². The number of fused-ring (bicyclic) bond motifs is 4. The molecule has 18 nitrogen and oxygen atoms in total. The molecule has 4 atom stereocenters. The van der Waals surface area contributed by atoms with Crippen molar-refractivity contribution in [2.75, 3.05) is 94.3 Å². The van der Waals surface area contributed by atoms with Crippen LogP contribution in [0.2, 0.25) is 0 Å². The Hall–Kier alpha value is -5.99. The fourth-order valence-corrected chi connectivity index (χ4v) is 13.4. The van der Waals surface area contributed by atoms with Gasteiger partial charge in [-0.3, -0.25) is 24.7 Å². The van der Waals surface area contributed by atoms with Crippen LogP contribution in [-0.4, -0.2) is 147 Å². The minimum atomic E-state index is -4.68. The van der Waals surface area contributed by atoms with Gasteiger partial charge in [0.2, 0.25) is 5.88 Å². The number of nitro groups is 1. The molecule has 70 heavy (non-hydrogen) atoms. The summed E-state index contributed by atoms with van der Waals surface area (Å²) in [4.78, 5) is 45.8. The predicted octanol–water partition coefficient (Wildman–Crippen LogP) is 6.24. The molecule has 1 saturated carbocycles. The van der Waals surface area contributed by atoms with Gasteiger partial charge in [-0.05, 0) is 86.7 Å². The highest BCUT2D eigenvalue weighted by molar-refractivity contribution is 7.90. The minimum absolute atomic E-state index is 0.0317. The zero-order chi connectivity index (χ0) is 48.1. The molecule has 19 heteroatoms. The number of likely N-dealkylation sites (tertiary alicyclic amines) is 1. The molecule has 3 N–H and O–H groups in total. The Morgan fingerprint density at radius 3 is 2.60 bits per heavy atom. The zero-order valence-corrected chi connectivity index (χ0v) is 40.6. The Morgan fingerprint density at radius 2 is 1.80 bits per heavy atom. The van der Waals surface area contributed by atoms with Gasteiger partial charge in [0.1, 0.15) is 24.0 Å². The number of aromatic amines is 1. The number of pyridine rings is 1. The summed E-state index contributed by atoms with van der Waals surface area (Å²) < 4.78 is 49.3. The van der Waals surface area contributed by atoms with E-state index in [9.17, 15) is 23.3 Å². The van der Waals surface area contributed by atoms with E-state index in [1.807, 2.05) is 29.2 Å². The second-order valence-corrected chi connectivity index (χ2v) is 22.6. The van der Waals surface area contributed by atoms with Crippen molar-refractivity contribution in [3.63, 3.8) is 0 Å². The van der Waals surface area contributed by atoms with Crippen LogP contribution in [0.3, 0.4) is 0 Å². The summed E-state index contributed by atoms with van der Waals surface area (Å²) in [6.07, 6.45) is 6.04. The Morgan fingerprint density at radius 1 is 0.986 bits per heavy atom. The number of aromatic nitrogens is 2. The SMILES string of the molecule is CC(C)c1ccccc1[C@@H]1CCCN1C1CC2(C1)CN(c1ccc(C(=O)NS(=O)(=O)c3cc4c(c([N+](=O)[O-])c3)N[C@H](CN3CCN(C)CC3)CO4)c(N3c4cc5cc[nH]c5nc4O[C@H]4COC[C@@H]43)c1)C2. The Balaban J connectivity index is 0.827. The molecule has 5 aromatic rings. The van der Waals surface area contributed by atoms with Crippen LogP contribution in [0.4, 0.5) is 28.4 Å². The normalized spacial score (nSPS) is 24.6. The third kappa shape index (κ3) is 7.99. The van der Waals surface area contributed by atoms with E-state index < -0.39 is 37.5 Å². The lowest BCUT2D eigenvalue weighted by molar-refractivity contribution is -0.384. The number of hydrogen-bond acceptors (Lipinski definition) is 15. The van der Waals surface area contributed by atoms with Crippen molar-refractivity contribution in [1.82, 2.24) is 29.4 Å². The monoisotopic (exact) mass is 972 g/mol. The van der Waals surface area contributed by atoms with Gasteiger partial charge in [-0.15, -0.1) is 0 Å². The Labute approximate surface area is 407 Å². The summed E-state index contributed by atoms with van der Waals surface area (Å²) in [6, 6.07) is 21.0. The van der Waals surface area contributed by atoms with E-state index in [-0.39, 0.29) is 41.1 Å². The molecule has 0 unspecified atom stereocenters. The molecule has 0 radical (unpaired) electrons. The van der Waals surface area contributed by atoms with Gasteiger partial charge in [-0.2, -0.15) is 4.98 Å². The van der Waals surface area contributed by atoms with Gasteiger partial charge in [-0.1, -0.05) is 38.1 Å². The van der Waals surface area contributed by atoms with Crippen LogP contribution < -0.4 is 29.3 Å². The van der Waals surface area contributed by atoms with Crippen LogP contribution in [0.25, 0.3) is 11.0 Å². The van der Waals surface area contributed by atoms with Gasteiger partial charge in [0.15, 0.2) is 11.4 Å². The van der Waals surface area contributed by atoms with Crippen molar-refractivity contribution >= 4 is 55.4 Å². The van der Waals surface area contributed by atoms with Gasteiger partial charge in [0, 0.05) is 92.7 Å². The fourth-order valence-electron chi connectivity index (χ4n) is 12.4. The molecule has 5 fully saturated rings. The molecule has 1 amide bonds. The van der Waals surface area contributed by atoms with E-state index >= 15 is 0 Å². The first-order valence-electron chi connectivity index (χ1n) is 24.7. The fraction of sp³-hybridized carbons (Fsp3) is 0.490. The summed E-state index contributed by atoms with van der Waals surface area (Å²) in [5.41, 5.74) is 5.51.